The van der Waals surface area contributed by atoms with Gasteiger partial charge in [0.2, 0.25) is 15.9 Å². The highest BCUT2D eigenvalue weighted by Crippen LogP contribution is 2.29. The molecule has 1 aromatic carbocycles. The van der Waals surface area contributed by atoms with Gasteiger partial charge in [-0.05, 0) is 43.0 Å². The van der Waals surface area contributed by atoms with Crippen LogP contribution in [0.1, 0.15) is 30.4 Å². The number of hydrogen-bond acceptors (Lipinski definition) is 3. The van der Waals surface area contributed by atoms with Gasteiger partial charge in [0.1, 0.15) is 0 Å². The number of likely N-dealkylation sites (tertiary alicyclic amines) is 1. The molecule has 2 rings (SSSR count). The summed E-state index contributed by atoms with van der Waals surface area (Å²) in [6.07, 6.45) is 1.86. The highest BCUT2D eigenvalue weighted by atomic mass is 32.2. The van der Waals surface area contributed by atoms with Gasteiger partial charge in [0, 0.05) is 25.2 Å². The number of rotatable bonds is 5. The van der Waals surface area contributed by atoms with Crippen molar-refractivity contribution in [3.8, 4) is 0 Å². The number of hydrogen-bond donors (Lipinski definition) is 1. The molecule has 0 saturated carbocycles. The Balaban J connectivity index is 2.03. The average molecular weight is 390 g/mol. The van der Waals surface area contributed by atoms with Gasteiger partial charge in [-0.25, -0.2) is 13.1 Å². The average Bonchev–Trinajstić information content (AvgIpc) is 2.57. The quantitative estimate of drug-likeness (QED) is 0.786. The van der Waals surface area contributed by atoms with Crippen LogP contribution in [0.2, 0.25) is 0 Å². The molecule has 0 aliphatic carbocycles. The van der Waals surface area contributed by atoms with Gasteiger partial charge in [-0.2, -0.15) is 13.2 Å². The highest BCUT2D eigenvalue weighted by Gasteiger charge is 2.30. The molecule has 0 spiro atoms. The fourth-order valence-electron chi connectivity index (χ4n) is 2.80. The maximum Gasteiger partial charge on any atom is 0.416 e. The van der Waals surface area contributed by atoms with E-state index < -0.39 is 21.8 Å². The molecule has 1 saturated heterocycles. The first-order chi connectivity index (χ1) is 12.1. The number of halogens is 3. The first-order valence-electron chi connectivity index (χ1n) is 8.17. The summed E-state index contributed by atoms with van der Waals surface area (Å²) in [7, 11) is -3.34. The second-order valence-corrected chi connectivity index (χ2v) is 8.09. The lowest BCUT2D eigenvalue weighted by Crippen LogP contribution is -2.48. The summed E-state index contributed by atoms with van der Waals surface area (Å²) in [5.41, 5.74) is -0.266. The minimum Gasteiger partial charge on any atom is -0.335 e. The number of alkyl halides is 3. The van der Waals surface area contributed by atoms with Gasteiger partial charge in [0.05, 0.1) is 11.8 Å². The monoisotopic (exact) mass is 390 g/mol. The maximum absolute atomic E-state index is 12.5. The molecule has 0 aromatic heterocycles. The minimum absolute atomic E-state index is 0.151. The third-order valence-corrected chi connectivity index (χ3v) is 4.84. The number of nitrogens with zero attached hydrogens (tertiary/aromatic N) is 1. The van der Waals surface area contributed by atoms with Crippen LogP contribution in [-0.4, -0.2) is 44.6 Å². The van der Waals surface area contributed by atoms with E-state index in [1.54, 1.807) is 4.90 Å². The van der Waals surface area contributed by atoms with E-state index in [9.17, 15) is 26.4 Å². The van der Waals surface area contributed by atoms with Crippen molar-refractivity contribution in [1.29, 1.82) is 0 Å². The van der Waals surface area contributed by atoms with Crippen LogP contribution in [0.15, 0.2) is 30.3 Å². The Hall–Kier alpha value is -1.87. The van der Waals surface area contributed by atoms with Crippen LogP contribution in [0.25, 0.3) is 6.08 Å². The van der Waals surface area contributed by atoms with E-state index in [1.165, 1.54) is 24.3 Å². The molecule has 1 aliphatic rings. The number of amides is 1. The molecule has 144 valence electrons. The molecular weight excluding hydrogens is 369 g/mol. The molecule has 5 nitrogen and oxygen atoms in total. The van der Waals surface area contributed by atoms with Crippen molar-refractivity contribution < 1.29 is 26.4 Å². The second kappa shape index (κ2) is 8.22. The normalized spacial score (nSPS) is 19.1. The smallest absolute Gasteiger partial charge is 0.335 e. The van der Waals surface area contributed by atoms with Crippen LogP contribution >= 0.6 is 0 Å². The Morgan fingerprint density at radius 3 is 2.50 bits per heavy atom. The lowest BCUT2D eigenvalue weighted by molar-refractivity contribution is -0.137. The molecule has 1 aromatic rings. The van der Waals surface area contributed by atoms with E-state index in [-0.39, 0.29) is 18.5 Å². The first-order valence-corrected chi connectivity index (χ1v) is 10.1. The summed E-state index contributed by atoms with van der Waals surface area (Å²) in [6.45, 7) is 0.672. The predicted molar refractivity (Wildman–Crippen MR) is 92.7 cm³/mol. The van der Waals surface area contributed by atoms with Gasteiger partial charge in [-0.1, -0.05) is 12.1 Å². The molecule has 1 fully saturated rings. The third-order valence-electron chi connectivity index (χ3n) is 4.15. The minimum atomic E-state index is -4.40. The fourth-order valence-corrected chi connectivity index (χ4v) is 3.29. The van der Waals surface area contributed by atoms with Crippen molar-refractivity contribution in [2.45, 2.75) is 31.5 Å². The van der Waals surface area contributed by atoms with E-state index in [0.717, 1.165) is 31.2 Å². The lowest BCUT2D eigenvalue weighted by Gasteiger charge is -2.35. The predicted octanol–water partition coefficient (Wildman–Crippen LogP) is 2.65. The first kappa shape index (κ1) is 20.4. The molecule has 0 radical (unpaired) electrons. The van der Waals surface area contributed by atoms with Crippen LogP contribution in [0.4, 0.5) is 13.2 Å². The molecule has 1 heterocycles. The van der Waals surface area contributed by atoms with E-state index >= 15 is 0 Å². The Bertz CT molecular complexity index is 758. The summed E-state index contributed by atoms with van der Waals surface area (Å²) in [5.74, 6) is -0.287. The molecule has 0 unspecified atom stereocenters. The molecule has 0 bridgehead atoms. The number of carbonyl (C=O) groups excluding carboxylic acids is 1. The van der Waals surface area contributed by atoms with Crippen LogP contribution in [0, 0.1) is 0 Å². The SMILES string of the molecule is CS(=O)(=O)NC[C@H]1CCCCN1C(=O)/C=C/c1ccc(C(F)(F)F)cc1. The maximum atomic E-state index is 12.5. The van der Waals surface area contributed by atoms with Crippen LogP contribution < -0.4 is 4.72 Å². The fraction of sp³-hybridized carbons (Fsp3) is 0.471. The molecule has 1 N–H and O–H groups in total. The lowest BCUT2D eigenvalue weighted by atomic mass is 10.0. The molecule has 26 heavy (non-hydrogen) atoms. The van der Waals surface area contributed by atoms with Crippen LogP contribution in [-0.2, 0) is 21.0 Å². The molecule has 9 heteroatoms. The summed E-state index contributed by atoms with van der Waals surface area (Å²) < 4.78 is 62.6. The van der Waals surface area contributed by atoms with Crippen LogP contribution in [0.3, 0.4) is 0 Å². The van der Waals surface area contributed by atoms with E-state index in [1.807, 2.05) is 0 Å². The Morgan fingerprint density at radius 2 is 1.92 bits per heavy atom. The number of piperidine rings is 1. The van der Waals surface area contributed by atoms with Gasteiger partial charge in [0.15, 0.2) is 0 Å². The highest BCUT2D eigenvalue weighted by molar-refractivity contribution is 7.88. The third kappa shape index (κ3) is 6.14. The van der Waals surface area contributed by atoms with Gasteiger partial charge in [-0.3, -0.25) is 4.79 Å². The van der Waals surface area contributed by atoms with Crippen molar-refractivity contribution in [3.05, 3.63) is 41.5 Å². The molecule has 1 amide bonds. The molecule has 1 atom stereocenters. The number of benzene rings is 1. The van der Waals surface area contributed by atoms with Gasteiger partial charge in [-0.15, -0.1) is 0 Å². The van der Waals surface area contributed by atoms with Crippen molar-refractivity contribution in [1.82, 2.24) is 9.62 Å². The number of nitrogens with one attached hydrogen (secondary N) is 1. The van der Waals surface area contributed by atoms with Crippen LogP contribution in [0.5, 0.6) is 0 Å². The van der Waals surface area contributed by atoms with Gasteiger partial charge >= 0.3 is 6.18 Å². The molecular formula is C17H21F3N2O3S. The van der Waals surface area contributed by atoms with Gasteiger partial charge < -0.3 is 4.90 Å². The van der Waals surface area contributed by atoms with Crippen molar-refractivity contribution in [2.75, 3.05) is 19.3 Å². The summed E-state index contributed by atoms with van der Waals surface area (Å²) in [5, 5.41) is 0. The number of sulfonamides is 1. The Kier molecular flexibility index (Phi) is 6.46. The van der Waals surface area contributed by atoms with Gasteiger partial charge in [0.25, 0.3) is 0 Å². The standard InChI is InChI=1S/C17H21F3N2O3S/c1-26(24,25)21-12-15-4-2-3-11-22(15)16(23)10-7-13-5-8-14(9-6-13)17(18,19)20/h5-10,15,21H,2-4,11-12H2,1H3/b10-7+/t15-/m1/s1. The zero-order chi connectivity index (χ0) is 19.4. The zero-order valence-corrected chi connectivity index (χ0v) is 15.1. The molecule has 1 aliphatic heterocycles. The van der Waals surface area contributed by atoms with E-state index in [4.69, 9.17) is 0 Å². The Labute approximate surface area is 150 Å². The topological polar surface area (TPSA) is 66.5 Å². The van der Waals surface area contributed by atoms with E-state index in [2.05, 4.69) is 4.72 Å². The summed E-state index contributed by atoms with van der Waals surface area (Å²) in [4.78, 5) is 14.0. The summed E-state index contributed by atoms with van der Waals surface area (Å²) >= 11 is 0. The number of carbonyl (C=O) groups is 1. The van der Waals surface area contributed by atoms with Crippen molar-refractivity contribution in [2.24, 2.45) is 0 Å². The summed E-state index contributed by atoms with van der Waals surface area (Å²) in [6, 6.07) is 4.29. The largest absolute Gasteiger partial charge is 0.416 e. The second-order valence-electron chi connectivity index (χ2n) is 6.25. The Morgan fingerprint density at radius 1 is 1.27 bits per heavy atom. The zero-order valence-electron chi connectivity index (χ0n) is 14.3. The van der Waals surface area contributed by atoms with E-state index in [0.29, 0.717) is 18.5 Å². The van der Waals surface area contributed by atoms with Crippen molar-refractivity contribution in [3.63, 3.8) is 0 Å². The van der Waals surface area contributed by atoms with Crippen molar-refractivity contribution >= 4 is 22.0 Å².